The first-order valence-electron chi connectivity index (χ1n) is 9.51. The summed E-state index contributed by atoms with van der Waals surface area (Å²) in [6.07, 6.45) is 4.06. The molecule has 3 rings (SSSR count). The van der Waals surface area contributed by atoms with E-state index in [1.807, 2.05) is 0 Å². The number of methoxy groups -OCH3 is 1. The van der Waals surface area contributed by atoms with Gasteiger partial charge in [0.2, 0.25) is 10.0 Å². The maximum atomic E-state index is 12.3. The van der Waals surface area contributed by atoms with Crippen LogP contribution in [-0.4, -0.2) is 40.1 Å². The predicted molar refractivity (Wildman–Crippen MR) is 107 cm³/mol. The Morgan fingerprint density at radius 2 is 1.85 bits per heavy atom. The van der Waals surface area contributed by atoms with Gasteiger partial charge in [-0.25, -0.2) is 13.1 Å². The summed E-state index contributed by atoms with van der Waals surface area (Å²) in [6, 6.07) is 15.2. The fourth-order valence-electron chi connectivity index (χ4n) is 3.44. The molecule has 146 valence electrons. The van der Waals surface area contributed by atoms with E-state index in [-0.39, 0.29) is 4.90 Å². The Labute approximate surface area is 162 Å². The highest BCUT2D eigenvalue weighted by Crippen LogP contribution is 2.19. The summed E-state index contributed by atoms with van der Waals surface area (Å²) in [5.74, 6) is 0.543. The van der Waals surface area contributed by atoms with Gasteiger partial charge in [0.25, 0.3) is 0 Å². The normalized spacial score (nSPS) is 14.7. The molecule has 1 N–H and O–H groups in total. The molecule has 2 aromatic rings. The summed E-state index contributed by atoms with van der Waals surface area (Å²) >= 11 is 0. The highest BCUT2D eigenvalue weighted by Gasteiger charge is 2.16. The number of unbranched alkanes of at least 4 members (excludes halogenated alkanes) is 2. The van der Waals surface area contributed by atoms with Gasteiger partial charge in [0.05, 0.1) is 12.0 Å². The van der Waals surface area contributed by atoms with E-state index in [0.717, 1.165) is 45.3 Å². The highest BCUT2D eigenvalue weighted by molar-refractivity contribution is 7.89. The lowest BCUT2D eigenvalue weighted by Gasteiger charge is -2.28. The minimum Gasteiger partial charge on any atom is -0.497 e. The Kier molecular flexibility index (Phi) is 6.88. The average Bonchev–Trinajstić information content (AvgIpc) is 2.70. The fourth-order valence-corrected chi connectivity index (χ4v) is 4.55. The summed E-state index contributed by atoms with van der Waals surface area (Å²) in [7, 11) is -1.95. The topological polar surface area (TPSA) is 58.6 Å². The summed E-state index contributed by atoms with van der Waals surface area (Å²) in [6.45, 7) is 3.66. The molecule has 27 heavy (non-hydrogen) atoms. The van der Waals surface area contributed by atoms with Gasteiger partial charge in [-0.15, -0.1) is 0 Å². The van der Waals surface area contributed by atoms with Crippen LogP contribution >= 0.6 is 0 Å². The van der Waals surface area contributed by atoms with Gasteiger partial charge in [0.1, 0.15) is 5.75 Å². The minimum atomic E-state index is -3.47. The lowest BCUT2D eigenvalue weighted by molar-refractivity contribution is 0.248. The number of nitrogens with one attached hydrogen (secondary N) is 1. The lowest BCUT2D eigenvalue weighted by atomic mass is 10.00. The first kappa shape index (κ1) is 19.9. The molecule has 6 heteroatoms. The molecule has 0 saturated heterocycles. The van der Waals surface area contributed by atoms with Crippen LogP contribution in [0.15, 0.2) is 53.4 Å². The number of sulfonamides is 1. The second-order valence-corrected chi connectivity index (χ2v) is 8.70. The van der Waals surface area contributed by atoms with Crippen molar-refractivity contribution >= 4 is 10.0 Å². The van der Waals surface area contributed by atoms with Crippen LogP contribution in [0.5, 0.6) is 5.75 Å². The molecule has 0 fully saturated rings. The maximum absolute atomic E-state index is 12.3. The zero-order valence-electron chi connectivity index (χ0n) is 15.9. The first-order valence-corrected chi connectivity index (χ1v) is 11.0. The van der Waals surface area contributed by atoms with E-state index in [4.69, 9.17) is 4.74 Å². The van der Waals surface area contributed by atoms with Crippen LogP contribution in [0.2, 0.25) is 0 Å². The Hall–Kier alpha value is -1.89. The second kappa shape index (κ2) is 9.35. The number of ether oxygens (including phenoxy) is 1. The zero-order valence-corrected chi connectivity index (χ0v) is 16.7. The average molecular weight is 389 g/mol. The van der Waals surface area contributed by atoms with Gasteiger partial charge in [0.15, 0.2) is 0 Å². The van der Waals surface area contributed by atoms with E-state index in [9.17, 15) is 8.42 Å². The van der Waals surface area contributed by atoms with Crippen LogP contribution in [0.4, 0.5) is 0 Å². The van der Waals surface area contributed by atoms with Crippen molar-refractivity contribution in [2.75, 3.05) is 26.7 Å². The molecule has 2 aromatic carbocycles. The van der Waals surface area contributed by atoms with E-state index in [2.05, 4.69) is 33.9 Å². The number of nitrogens with zero attached hydrogens (tertiary/aromatic N) is 1. The lowest BCUT2D eigenvalue weighted by Crippen LogP contribution is -2.31. The van der Waals surface area contributed by atoms with E-state index in [0.29, 0.717) is 12.3 Å². The Morgan fingerprint density at radius 1 is 1.04 bits per heavy atom. The summed E-state index contributed by atoms with van der Waals surface area (Å²) in [5, 5.41) is 0. The van der Waals surface area contributed by atoms with Gasteiger partial charge >= 0.3 is 0 Å². The molecule has 1 heterocycles. The van der Waals surface area contributed by atoms with Crippen molar-refractivity contribution in [2.45, 2.75) is 37.1 Å². The van der Waals surface area contributed by atoms with Crippen molar-refractivity contribution in [3.63, 3.8) is 0 Å². The first-order chi connectivity index (χ1) is 13.1. The Morgan fingerprint density at radius 3 is 2.67 bits per heavy atom. The SMILES string of the molecule is COc1cccc(S(=O)(=O)NCCCCCN2CCc3ccccc3C2)c1. The number of benzene rings is 2. The van der Waals surface area contributed by atoms with Crippen LogP contribution in [-0.2, 0) is 23.0 Å². The molecule has 0 bridgehead atoms. The van der Waals surface area contributed by atoms with Gasteiger partial charge < -0.3 is 4.74 Å². The largest absolute Gasteiger partial charge is 0.497 e. The minimum absolute atomic E-state index is 0.244. The number of hydrogen-bond acceptors (Lipinski definition) is 4. The molecule has 0 radical (unpaired) electrons. The second-order valence-electron chi connectivity index (χ2n) is 6.93. The highest BCUT2D eigenvalue weighted by atomic mass is 32.2. The van der Waals surface area contributed by atoms with Crippen LogP contribution in [0, 0.1) is 0 Å². The fraction of sp³-hybridized carbons (Fsp3) is 0.429. The van der Waals surface area contributed by atoms with Crippen molar-refractivity contribution in [1.29, 1.82) is 0 Å². The van der Waals surface area contributed by atoms with Crippen molar-refractivity contribution in [3.8, 4) is 5.75 Å². The molecule has 0 amide bonds. The van der Waals surface area contributed by atoms with Gasteiger partial charge in [-0.3, -0.25) is 4.90 Å². The summed E-state index contributed by atoms with van der Waals surface area (Å²) < 4.78 is 32.4. The van der Waals surface area contributed by atoms with Gasteiger partial charge in [-0.05, 0) is 49.1 Å². The Bertz CT molecular complexity index is 852. The maximum Gasteiger partial charge on any atom is 0.240 e. The van der Waals surface area contributed by atoms with Gasteiger partial charge in [0, 0.05) is 25.7 Å². The molecule has 1 aliphatic rings. The molecule has 1 aliphatic heterocycles. The van der Waals surface area contributed by atoms with Crippen LogP contribution in [0.25, 0.3) is 0 Å². The van der Waals surface area contributed by atoms with Crippen molar-refractivity contribution in [3.05, 3.63) is 59.7 Å². The number of hydrogen-bond donors (Lipinski definition) is 1. The monoisotopic (exact) mass is 388 g/mol. The number of fused-ring (bicyclic) bond motifs is 1. The standard InChI is InChI=1S/C21H28N2O3S/c1-26-20-10-7-11-21(16-20)27(24,25)22-13-5-2-6-14-23-15-12-18-8-3-4-9-19(18)17-23/h3-4,7-11,16,22H,2,5-6,12-15,17H2,1H3. The van der Waals surface area contributed by atoms with E-state index in [1.54, 1.807) is 18.2 Å². The third-order valence-electron chi connectivity index (χ3n) is 5.00. The molecule has 0 spiro atoms. The van der Waals surface area contributed by atoms with Crippen molar-refractivity contribution in [1.82, 2.24) is 9.62 Å². The smallest absolute Gasteiger partial charge is 0.240 e. The molecule has 0 unspecified atom stereocenters. The predicted octanol–water partition coefficient (Wildman–Crippen LogP) is 3.20. The summed E-state index contributed by atoms with van der Waals surface area (Å²) in [5.41, 5.74) is 2.91. The molecular formula is C21H28N2O3S. The molecular weight excluding hydrogens is 360 g/mol. The van der Waals surface area contributed by atoms with Gasteiger partial charge in [-0.1, -0.05) is 36.8 Å². The van der Waals surface area contributed by atoms with E-state index >= 15 is 0 Å². The molecule has 0 atom stereocenters. The molecule has 0 saturated carbocycles. The Balaban J connectivity index is 1.36. The zero-order chi connectivity index (χ0) is 19.1. The third-order valence-corrected chi connectivity index (χ3v) is 6.46. The van der Waals surface area contributed by atoms with Crippen molar-refractivity contribution < 1.29 is 13.2 Å². The van der Waals surface area contributed by atoms with Gasteiger partial charge in [-0.2, -0.15) is 0 Å². The quantitative estimate of drug-likeness (QED) is 0.670. The van der Waals surface area contributed by atoms with Crippen LogP contribution in [0.1, 0.15) is 30.4 Å². The molecule has 0 aliphatic carbocycles. The van der Waals surface area contributed by atoms with E-state index in [1.165, 1.54) is 24.3 Å². The van der Waals surface area contributed by atoms with Crippen LogP contribution in [0.3, 0.4) is 0 Å². The summed E-state index contributed by atoms with van der Waals surface area (Å²) in [4.78, 5) is 2.73. The van der Waals surface area contributed by atoms with Crippen molar-refractivity contribution in [2.24, 2.45) is 0 Å². The number of rotatable bonds is 9. The van der Waals surface area contributed by atoms with E-state index < -0.39 is 10.0 Å². The molecule has 5 nitrogen and oxygen atoms in total. The van der Waals surface area contributed by atoms with Crippen LogP contribution < -0.4 is 9.46 Å². The molecule has 0 aromatic heterocycles. The third kappa shape index (κ3) is 5.54.